The molecule has 4 aromatic rings. The molecular weight excluding hydrogens is 562 g/mol. The summed E-state index contributed by atoms with van der Waals surface area (Å²) in [4.78, 5) is 35.9. The number of hydrogen-bond acceptors (Lipinski definition) is 7. The molecule has 3 heterocycles. The molecular formula is C38H39N3O4. The highest BCUT2D eigenvalue weighted by atomic mass is 16.5. The zero-order chi connectivity index (χ0) is 31.0. The highest BCUT2D eigenvalue weighted by molar-refractivity contribution is 5.97. The smallest absolute Gasteiger partial charge is 0.306 e. The molecule has 3 aromatic carbocycles. The largest absolute Gasteiger partial charge is 0.469 e. The topological polar surface area (TPSA) is 89.9 Å². The molecule has 6 rings (SSSR count). The zero-order valence-electron chi connectivity index (χ0n) is 25.6. The van der Waals surface area contributed by atoms with Crippen LogP contribution < -0.4 is 5.32 Å². The van der Waals surface area contributed by atoms with Gasteiger partial charge >= 0.3 is 5.97 Å². The van der Waals surface area contributed by atoms with E-state index in [9.17, 15) is 9.59 Å². The first-order valence-corrected chi connectivity index (χ1v) is 15.7. The molecule has 1 N–H and O–H groups in total. The summed E-state index contributed by atoms with van der Waals surface area (Å²) in [5.74, 6) is -1.20. The predicted octanol–water partition coefficient (Wildman–Crippen LogP) is 5.82. The van der Waals surface area contributed by atoms with Crippen molar-refractivity contribution in [2.24, 2.45) is 10.9 Å². The van der Waals surface area contributed by atoms with Gasteiger partial charge in [-0.25, -0.2) is 0 Å². The number of nitrogens with zero attached hydrogens (tertiary/aromatic N) is 2. The first-order chi connectivity index (χ1) is 22.1. The number of fused-ring (bicyclic) bond motifs is 1. The van der Waals surface area contributed by atoms with Crippen molar-refractivity contribution < 1.29 is 19.1 Å². The van der Waals surface area contributed by atoms with Gasteiger partial charge in [0.05, 0.1) is 38.0 Å². The van der Waals surface area contributed by atoms with Crippen LogP contribution in [0.2, 0.25) is 0 Å². The Kier molecular flexibility index (Phi) is 9.88. The number of aromatic nitrogens is 1. The van der Waals surface area contributed by atoms with Crippen LogP contribution in [0.4, 0.5) is 5.69 Å². The number of esters is 1. The number of methoxy groups -OCH3 is 1. The van der Waals surface area contributed by atoms with E-state index in [1.54, 1.807) is 6.20 Å². The second-order valence-corrected chi connectivity index (χ2v) is 11.8. The number of ether oxygens (including phenoxy) is 2. The van der Waals surface area contributed by atoms with Crippen molar-refractivity contribution in [3.63, 3.8) is 0 Å². The molecule has 0 unspecified atom stereocenters. The average Bonchev–Trinajstić information content (AvgIpc) is 3.53. The van der Waals surface area contributed by atoms with Crippen LogP contribution in [-0.4, -0.2) is 54.9 Å². The van der Waals surface area contributed by atoms with Gasteiger partial charge in [0.2, 0.25) is 0 Å². The van der Waals surface area contributed by atoms with Gasteiger partial charge in [0.1, 0.15) is 5.78 Å². The summed E-state index contributed by atoms with van der Waals surface area (Å²) in [5, 5.41) is 3.64. The fourth-order valence-electron chi connectivity index (χ4n) is 6.55. The van der Waals surface area contributed by atoms with Crippen molar-refractivity contribution in [1.82, 2.24) is 10.3 Å². The van der Waals surface area contributed by atoms with Crippen molar-refractivity contribution in [3.8, 4) is 0 Å². The molecule has 1 aromatic heterocycles. The summed E-state index contributed by atoms with van der Waals surface area (Å²) in [6, 6.07) is 30.1. The van der Waals surface area contributed by atoms with Gasteiger partial charge in [0.25, 0.3) is 0 Å². The molecule has 45 heavy (non-hydrogen) atoms. The van der Waals surface area contributed by atoms with E-state index in [1.807, 2.05) is 91.1 Å². The molecule has 3 atom stereocenters. The van der Waals surface area contributed by atoms with E-state index < -0.39 is 5.92 Å². The van der Waals surface area contributed by atoms with E-state index in [4.69, 9.17) is 14.5 Å². The monoisotopic (exact) mass is 601 g/mol. The first kappa shape index (κ1) is 30.6. The number of carbonyl (C=O) groups is 2. The molecule has 230 valence electrons. The van der Waals surface area contributed by atoms with Crippen LogP contribution in [-0.2, 0) is 38.3 Å². The van der Waals surface area contributed by atoms with Crippen molar-refractivity contribution in [2.75, 3.05) is 20.3 Å². The Balaban J connectivity index is 1.13. The van der Waals surface area contributed by atoms with Crippen molar-refractivity contribution in [2.45, 2.75) is 50.2 Å². The van der Waals surface area contributed by atoms with E-state index in [-0.39, 0.29) is 42.7 Å². The van der Waals surface area contributed by atoms with Crippen molar-refractivity contribution >= 4 is 23.2 Å². The van der Waals surface area contributed by atoms with Crippen LogP contribution in [0.25, 0.3) is 0 Å². The highest BCUT2D eigenvalue weighted by Crippen LogP contribution is 2.36. The summed E-state index contributed by atoms with van der Waals surface area (Å²) in [7, 11) is 1.38. The minimum absolute atomic E-state index is 0.0155. The number of morpholine rings is 1. The molecule has 0 radical (unpaired) electrons. The average molecular weight is 602 g/mol. The molecule has 7 nitrogen and oxygen atoms in total. The lowest BCUT2D eigenvalue weighted by atomic mass is 9.75. The molecule has 0 saturated carbocycles. The van der Waals surface area contributed by atoms with E-state index in [0.29, 0.717) is 6.61 Å². The van der Waals surface area contributed by atoms with Gasteiger partial charge < -0.3 is 14.8 Å². The number of aryl methyl sites for hydroxylation is 1. The Morgan fingerprint density at radius 1 is 0.933 bits per heavy atom. The number of hydrogen-bond donors (Lipinski definition) is 1. The number of nitrogens with one attached hydrogen (secondary N) is 1. The standard InChI is InChI=1S/C38H39N3O4/c1-44-37(43)22-32(38(27-11-4-2-5-12-27)28-13-6-3-7-14-28)36(42)21-29-15-9-8-10-26(29)16-17-31-24-40-35(25-45-31)34-20-30-23-39-19-18-33(30)41-34/h2-15,18-19,23,31-32,35,38,40H,16-17,20-22,24-25H2,1H3/t31-,32-,35+/m1/s1. The third-order valence-corrected chi connectivity index (χ3v) is 8.97. The Hall–Kier alpha value is -4.46. The second-order valence-electron chi connectivity index (χ2n) is 11.8. The maximum absolute atomic E-state index is 14.2. The number of carbonyl (C=O) groups excluding carboxylic acids is 2. The van der Waals surface area contributed by atoms with Crippen LogP contribution in [0, 0.1) is 5.92 Å². The highest BCUT2D eigenvalue weighted by Gasteiger charge is 2.33. The molecule has 2 aliphatic rings. The lowest BCUT2D eigenvalue weighted by Crippen LogP contribution is -2.50. The minimum atomic E-state index is -0.571. The van der Waals surface area contributed by atoms with Gasteiger partial charge in [0, 0.05) is 54.9 Å². The summed E-state index contributed by atoms with van der Waals surface area (Å²) in [5.41, 5.74) is 7.40. The predicted molar refractivity (Wildman–Crippen MR) is 175 cm³/mol. The van der Waals surface area contributed by atoms with Crippen molar-refractivity contribution in [3.05, 3.63) is 131 Å². The number of pyridine rings is 1. The summed E-state index contributed by atoms with van der Waals surface area (Å²) in [6.07, 6.45) is 6.44. The Morgan fingerprint density at radius 3 is 2.27 bits per heavy atom. The van der Waals surface area contributed by atoms with E-state index in [2.05, 4.69) is 16.4 Å². The maximum Gasteiger partial charge on any atom is 0.306 e. The van der Waals surface area contributed by atoms with E-state index >= 15 is 0 Å². The van der Waals surface area contributed by atoms with Crippen LogP contribution >= 0.6 is 0 Å². The Bertz CT molecular complexity index is 1590. The summed E-state index contributed by atoms with van der Waals surface area (Å²) >= 11 is 0. The molecule has 0 bridgehead atoms. The Labute approximate surface area is 264 Å². The summed E-state index contributed by atoms with van der Waals surface area (Å²) in [6.45, 7) is 1.33. The molecule has 1 saturated heterocycles. The van der Waals surface area contributed by atoms with Crippen LogP contribution in [0.1, 0.15) is 46.6 Å². The van der Waals surface area contributed by atoms with Gasteiger partial charge in [-0.15, -0.1) is 0 Å². The van der Waals surface area contributed by atoms with Gasteiger partial charge in [0.15, 0.2) is 0 Å². The van der Waals surface area contributed by atoms with Crippen LogP contribution in [0.15, 0.2) is 108 Å². The molecule has 2 aliphatic heterocycles. The number of Topliss-reactive ketones (excluding diaryl/α,β-unsaturated/α-hetero) is 1. The number of ketones is 1. The number of rotatable bonds is 12. The van der Waals surface area contributed by atoms with Crippen LogP contribution in [0.5, 0.6) is 0 Å². The number of benzene rings is 3. The molecule has 0 spiro atoms. The minimum Gasteiger partial charge on any atom is -0.469 e. The third-order valence-electron chi connectivity index (χ3n) is 8.97. The van der Waals surface area contributed by atoms with E-state index in [1.165, 1.54) is 7.11 Å². The fourth-order valence-corrected chi connectivity index (χ4v) is 6.55. The number of aliphatic imine (C=N–C) groups is 1. The fraction of sp³-hybridized carbons (Fsp3) is 0.316. The quantitative estimate of drug-likeness (QED) is 0.206. The molecule has 1 fully saturated rings. The summed E-state index contributed by atoms with van der Waals surface area (Å²) < 4.78 is 11.4. The van der Waals surface area contributed by atoms with Gasteiger partial charge in [-0.3, -0.25) is 19.6 Å². The van der Waals surface area contributed by atoms with Crippen LogP contribution in [0.3, 0.4) is 0 Å². The lowest BCUT2D eigenvalue weighted by Gasteiger charge is -2.30. The van der Waals surface area contributed by atoms with E-state index in [0.717, 1.165) is 65.0 Å². The lowest BCUT2D eigenvalue weighted by molar-refractivity contribution is -0.144. The zero-order valence-corrected chi connectivity index (χ0v) is 25.6. The second kappa shape index (κ2) is 14.5. The Morgan fingerprint density at radius 2 is 1.62 bits per heavy atom. The molecule has 0 aliphatic carbocycles. The molecule has 7 heteroatoms. The SMILES string of the molecule is COC(=O)C[C@H](C(=O)Cc1ccccc1CC[C@@H]1CN[C@H](C2=Nc3ccncc3C2)CO1)C(c1ccccc1)c1ccccc1. The normalized spacial score (nSPS) is 18.2. The van der Waals surface area contributed by atoms with Crippen molar-refractivity contribution in [1.29, 1.82) is 0 Å². The first-order valence-electron chi connectivity index (χ1n) is 15.7. The maximum atomic E-state index is 14.2. The van der Waals surface area contributed by atoms with Gasteiger partial charge in [-0.05, 0) is 41.2 Å². The van der Waals surface area contributed by atoms with Gasteiger partial charge in [-0.2, -0.15) is 0 Å². The molecule has 0 amide bonds. The third kappa shape index (κ3) is 7.44. The van der Waals surface area contributed by atoms with Gasteiger partial charge in [-0.1, -0.05) is 84.9 Å².